The SMILES string of the molecule is CNC1CN(c2nc3ncc(Cl)cc3[nH]/c2=N\C(C)=N)C1. The lowest BCUT2D eigenvalue weighted by atomic mass is 10.1. The van der Waals surface area contributed by atoms with Gasteiger partial charge in [0.15, 0.2) is 17.0 Å². The van der Waals surface area contributed by atoms with E-state index in [1.165, 1.54) is 0 Å². The maximum absolute atomic E-state index is 7.58. The van der Waals surface area contributed by atoms with Gasteiger partial charge in [-0.2, -0.15) is 0 Å². The van der Waals surface area contributed by atoms with Crippen molar-refractivity contribution >= 4 is 34.4 Å². The second-order valence-electron chi connectivity index (χ2n) is 5.02. The number of aromatic amines is 1. The van der Waals surface area contributed by atoms with E-state index in [2.05, 4.69) is 30.2 Å². The van der Waals surface area contributed by atoms with Crippen molar-refractivity contribution in [1.82, 2.24) is 20.3 Å². The van der Waals surface area contributed by atoms with E-state index in [1.807, 2.05) is 7.05 Å². The van der Waals surface area contributed by atoms with Crippen molar-refractivity contribution in [2.45, 2.75) is 13.0 Å². The molecule has 0 aromatic carbocycles. The van der Waals surface area contributed by atoms with Gasteiger partial charge in [-0.05, 0) is 20.0 Å². The fourth-order valence-corrected chi connectivity index (χ4v) is 2.41. The lowest BCUT2D eigenvalue weighted by molar-refractivity contribution is 0.446. The molecule has 7 nitrogen and oxygen atoms in total. The number of halogens is 1. The van der Waals surface area contributed by atoms with Crippen molar-refractivity contribution in [3.63, 3.8) is 0 Å². The van der Waals surface area contributed by atoms with Crippen molar-refractivity contribution in [1.29, 1.82) is 5.41 Å². The topological polar surface area (TPSA) is 93.0 Å². The Morgan fingerprint density at radius 1 is 1.57 bits per heavy atom. The number of fused-ring (bicyclic) bond motifs is 1. The molecule has 2 aromatic heterocycles. The Morgan fingerprint density at radius 3 is 3.00 bits per heavy atom. The molecule has 3 rings (SSSR count). The molecule has 0 atom stereocenters. The van der Waals surface area contributed by atoms with Gasteiger partial charge in [-0.25, -0.2) is 15.0 Å². The van der Waals surface area contributed by atoms with Crippen LogP contribution in [-0.4, -0.2) is 47.0 Å². The van der Waals surface area contributed by atoms with E-state index in [-0.39, 0.29) is 5.84 Å². The third kappa shape index (κ3) is 2.74. The molecule has 110 valence electrons. The highest BCUT2D eigenvalue weighted by atomic mass is 35.5. The Hall–Kier alpha value is -1.99. The smallest absolute Gasteiger partial charge is 0.178 e. The minimum atomic E-state index is 0.217. The quantitative estimate of drug-likeness (QED) is 0.568. The summed E-state index contributed by atoms with van der Waals surface area (Å²) in [5.41, 5.74) is 1.86. The number of aromatic nitrogens is 3. The van der Waals surface area contributed by atoms with Gasteiger partial charge in [0.25, 0.3) is 0 Å². The zero-order valence-corrected chi connectivity index (χ0v) is 12.6. The largest absolute Gasteiger partial charge is 0.350 e. The summed E-state index contributed by atoms with van der Waals surface area (Å²) < 4.78 is 0. The number of nitrogens with zero attached hydrogens (tertiary/aromatic N) is 4. The van der Waals surface area contributed by atoms with E-state index in [4.69, 9.17) is 17.0 Å². The summed E-state index contributed by atoms with van der Waals surface area (Å²) in [5, 5.41) is 11.3. The Balaban J connectivity index is 2.12. The zero-order valence-electron chi connectivity index (χ0n) is 11.8. The first kappa shape index (κ1) is 14.0. The normalized spacial score (nSPS) is 16.3. The van der Waals surface area contributed by atoms with Crippen molar-refractivity contribution < 1.29 is 0 Å². The number of hydrogen-bond acceptors (Lipinski definition) is 5. The van der Waals surface area contributed by atoms with Crippen molar-refractivity contribution in [2.24, 2.45) is 4.99 Å². The molecular weight excluding hydrogens is 290 g/mol. The number of hydrogen-bond donors (Lipinski definition) is 3. The highest BCUT2D eigenvalue weighted by Gasteiger charge is 2.27. The molecule has 8 heteroatoms. The molecule has 2 aromatic rings. The first-order valence-electron chi connectivity index (χ1n) is 6.64. The van der Waals surface area contributed by atoms with E-state index in [0.29, 0.717) is 27.7 Å². The maximum atomic E-state index is 7.58. The summed E-state index contributed by atoms with van der Waals surface area (Å²) in [6, 6.07) is 2.21. The van der Waals surface area contributed by atoms with Crippen LogP contribution in [0.25, 0.3) is 11.2 Å². The van der Waals surface area contributed by atoms with Gasteiger partial charge < -0.3 is 15.2 Å². The first-order valence-corrected chi connectivity index (χ1v) is 7.02. The number of anilines is 1. The van der Waals surface area contributed by atoms with Gasteiger partial charge in [0.1, 0.15) is 5.84 Å². The molecule has 3 N–H and O–H groups in total. The molecule has 0 unspecified atom stereocenters. The molecule has 21 heavy (non-hydrogen) atoms. The molecule has 1 saturated heterocycles. The molecule has 1 aliphatic rings. The molecule has 0 spiro atoms. The number of rotatable bonds is 2. The molecule has 0 bridgehead atoms. The van der Waals surface area contributed by atoms with Crippen molar-refractivity contribution in [3.8, 4) is 0 Å². The predicted octanol–water partition coefficient (Wildman–Crippen LogP) is 0.917. The summed E-state index contributed by atoms with van der Waals surface area (Å²) in [6.45, 7) is 3.34. The molecule has 0 radical (unpaired) electrons. The van der Waals surface area contributed by atoms with Gasteiger partial charge >= 0.3 is 0 Å². The lowest BCUT2D eigenvalue weighted by Crippen LogP contribution is -2.58. The first-order chi connectivity index (χ1) is 10.1. The van der Waals surface area contributed by atoms with Crippen LogP contribution in [-0.2, 0) is 0 Å². The number of nitrogens with one attached hydrogen (secondary N) is 3. The second-order valence-corrected chi connectivity index (χ2v) is 5.46. The summed E-state index contributed by atoms with van der Waals surface area (Å²) in [4.78, 5) is 18.3. The fraction of sp³-hybridized carbons (Fsp3) is 0.385. The standard InChI is InChI=1S/C13H16ClN7/c1-7(15)18-12-13(21-5-9(6-21)16-2)20-11-10(19-12)3-8(14)4-17-11/h3-4,9,16H,5-6H2,1-2H3,(H2,15,18,19). The van der Waals surface area contributed by atoms with Gasteiger partial charge in [-0.3, -0.25) is 5.41 Å². The summed E-state index contributed by atoms with van der Waals surface area (Å²) >= 11 is 5.95. The minimum Gasteiger partial charge on any atom is -0.350 e. The number of likely N-dealkylation sites (N-methyl/N-ethyl adjacent to an activating group) is 1. The van der Waals surface area contributed by atoms with Crippen LogP contribution in [0.5, 0.6) is 0 Å². The Morgan fingerprint density at radius 2 is 2.33 bits per heavy atom. The molecule has 3 heterocycles. The lowest BCUT2D eigenvalue weighted by Gasteiger charge is -2.39. The van der Waals surface area contributed by atoms with E-state index >= 15 is 0 Å². The highest BCUT2D eigenvalue weighted by Crippen LogP contribution is 2.18. The van der Waals surface area contributed by atoms with Crippen molar-refractivity contribution in [3.05, 3.63) is 22.8 Å². The van der Waals surface area contributed by atoms with E-state index < -0.39 is 0 Å². The molecule has 0 aliphatic carbocycles. The predicted molar refractivity (Wildman–Crippen MR) is 82.9 cm³/mol. The third-order valence-electron chi connectivity index (χ3n) is 3.38. The van der Waals surface area contributed by atoms with Gasteiger partial charge in [0.2, 0.25) is 0 Å². The van der Waals surface area contributed by atoms with Crippen LogP contribution >= 0.6 is 11.6 Å². The molecule has 1 fully saturated rings. The summed E-state index contributed by atoms with van der Waals surface area (Å²) in [5.74, 6) is 0.935. The fourth-order valence-electron chi connectivity index (χ4n) is 2.25. The second kappa shape index (κ2) is 5.42. The summed E-state index contributed by atoms with van der Waals surface area (Å²) in [7, 11) is 1.94. The monoisotopic (exact) mass is 305 g/mol. The molecule has 0 saturated carbocycles. The van der Waals surface area contributed by atoms with E-state index in [9.17, 15) is 0 Å². The minimum absolute atomic E-state index is 0.217. The number of pyridine rings is 1. The Labute approximate surface area is 126 Å². The van der Waals surface area contributed by atoms with Gasteiger partial charge in [0, 0.05) is 25.3 Å². The maximum Gasteiger partial charge on any atom is 0.178 e. The number of H-pyrrole nitrogens is 1. The average molecular weight is 306 g/mol. The molecule has 1 aliphatic heterocycles. The van der Waals surface area contributed by atoms with Crippen LogP contribution < -0.4 is 15.7 Å². The Bertz CT molecular complexity index is 761. The van der Waals surface area contributed by atoms with Crippen molar-refractivity contribution in [2.75, 3.05) is 25.0 Å². The Kier molecular flexibility index (Phi) is 3.60. The highest BCUT2D eigenvalue weighted by molar-refractivity contribution is 6.30. The van der Waals surface area contributed by atoms with Crippen LogP contribution in [0.15, 0.2) is 17.3 Å². The van der Waals surface area contributed by atoms with E-state index in [0.717, 1.165) is 18.9 Å². The van der Waals surface area contributed by atoms with Gasteiger partial charge in [0.05, 0.1) is 10.5 Å². The van der Waals surface area contributed by atoms with E-state index in [1.54, 1.807) is 19.2 Å². The van der Waals surface area contributed by atoms with Gasteiger partial charge in [-0.1, -0.05) is 11.6 Å². The van der Waals surface area contributed by atoms with Crippen LogP contribution in [0.4, 0.5) is 5.82 Å². The summed E-state index contributed by atoms with van der Waals surface area (Å²) in [6.07, 6.45) is 1.57. The van der Waals surface area contributed by atoms with Gasteiger partial charge in [-0.15, -0.1) is 0 Å². The number of amidine groups is 1. The molecule has 0 amide bonds. The average Bonchev–Trinajstić information content (AvgIpc) is 2.37. The van der Waals surface area contributed by atoms with Crippen LogP contribution in [0, 0.1) is 5.41 Å². The zero-order chi connectivity index (χ0) is 15.0. The van der Waals surface area contributed by atoms with Crippen LogP contribution in [0.2, 0.25) is 5.02 Å². The van der Waals surface area contributed by atoms with Crippen LogP contribution in [0.1, 0.15) is 6.92 Å². The third-order valence-corrected chi connectivity index (χ3v) is 3.59. The molecular formula is C13H16ClN7. The van der Waals surface area contributed by atoms with Crippen LogP contribution in [0.3, 0.4) is 0 Å².